The van der Waals surface area contributed by atoms with Crippen molar-refractivity contribution in [3.05, 3.63) is 35.9 Å². The van der Waals surface area contributed by atoms with Crippen LogP contribution in [0, 0.1) is 0 Å². The largest absolute Gasteiger partial charge is 0.349 e. The summed E-state index contributed by atoms with van der Waals surface area (Å²) < 4.78 is 0. The van der Waals surface area contributed by atoms with E-state index in [2.05, 4.69) is 17.0 Å². The summed E-state index contributed by atoms with van der Waals surface area (Å²) >= 11 is 0. The van der Waals surface area contributed by atoms with Gasteiger partial charge in [-0.3, -0.25) is 9.69 Å². The smallest absolute Gasteiger partial charge is 0.223 e. The number of amides is 1. The van der Waals surface area contributed by atoms with Crippen molar-refractivity contribution in [1.82, 2.24) is 9.80 Å². The van der Waals surface area contributed by atoms with Crippen molar-refractivity contribution in [3.8, 4) is 0 Å². The molecular weight excluding hydrogens is 226 g/mol. The van der Waals surface area contributed by atoms with Crippen LogP contribution in [0.2, 0.25) is 0 Å². The van der Waals surface area contributed by atoms with Gasteiger partial charge in [0, 0.05) is 46.7 Å². The van der Waals surface area contributed by atoms with Gasteiger partial charge in [-0.25, -0.2) is 0 Å². The summed E-state index contributed by atoms with van der Waals surface area (Å²) in [6.45, 7) is 3.03. The number of carbonyl (C=O) groups excluding carboxylic acids is 1. The van der Waals surface area contributed by atoms with E-state index in [9.17, 15) is 4.79 Å². The van der Waals surface area contributed by atoms with E-state index in [0.29, 0.717) is 13.0 Å². The fraction of sp³-hybridized carbons (Fsp3) is 0.500. The lowest BCUT2D eigenvalue weighted by atomic mass is 10.2. The monoisotopic (exact) mass is 249 g/mol. The van der Waals surface area contributed by atoms with Gasteiger partial charge in [0.2, 0.25) is 5.91 Å². The minimum absolute atomic E-state index is 0.157. The molecule has 0 aliphatic heterocycles. The van der Waals surface area contributed by atoms with Gasteiger partial charge in [0.25, 0.3) is 0 Å². The van der Waals surface area contributed by atoms with Crippen LogP contribution in [0.3, 0.4) is 0 Å². The molecule has 2 N–H and O–H groups in total. The molecular formula is C14H23N3O. The molecule has 1 aromatic rings. The Kier molecular flexibility index (Phi) is 6.39. The number of hydrogen-bond acceptors (Lipinski definition) is 3. The van der Waals surface area contributed by atoms with Gasteiger partial charge in [-0.2, -0.15) is 0 Å². The van der Waals surface area contributed by atoms with Crippen molar-refractivity contribution in [3.63, 3.8) is 0 Å². The normalized spacial score (nSPS) is 10.7. The SMILES string of the molecule is CN(C)C(=O)CCN(CCN)Cc1ccccc1. The fourth-order valence-electron chi connectivity index (χ4n) is 1.77. The van der Waals surface area contributed by atoms with Crippen molar-refractivity contribution >= 4 is 5.91 Å². The Hall–Kier alpha value is -1.39. The van der Waals surface area contributed by atoms with Gasteiger partial charge in [-0.1, -0.05) is 30.3 Å². The topological polar surface area (TPSA) is 49.6 Å². The molecule has 0 heterocycles. The van der Waals surface area contributed by atoms with Crippen LogP contribution >= 0.6 is 0 Å². The van der Waals surface area contributed by atoms with E-state index in [0.717, 1.165) is 19.6 Å². The lowest BCUT2D eigenvalue weighted by Gasteiger charge is -2.22. The lowest BCUT2D eigenvalue weighted by Crippen LogP contribution is -2.33. The Balaban J connectivity index is 2.47. The zero-order valence-electron chi connectivity index (χ0n) is 11.3. The van der Waals surface area contributed by atoms with Crippen LogP contribution in [-0.4, -0.2) is 49.4 Å². The highest BCUT2D eigenvalue weighted by atomic mass is 16.2. The van der Waals surface area contributed by atoms with Gasteiger partial charge in [0.15, 0.2) is 0 Å². The van der Waals surface area contributed by atoms with E-state index < -0.39 is 0 Å². The van der Waals surface area contributed by atoms with Gasteiger partial charge in [-0.05, 0) is 5.56 Å². The molecule has 0 aromatic heterocycles. The highest BCUT2D eigenvalue weighted by Gasteiger charge is 2.09. The zero-order valence-corrected chi connectivity index (χ0v) is 11.3. The Bertz CT molecular complexity index is 351. The predicted molar refractivity (Wildman–Crippen MR) is 74.1 cm³/mol. The molecule has 1 amide bonds. The van der Waals surface area contributed by atoms with E-state index in [1.54, 1.807) is 19.0 Å². The molecule has 0 saturated heterocycles. The van der Waals surface area contributed by atoms with Crippen LogP contribution < -0.4 is 5.73 Å². The maximum absolute atomic E-state index is 11.6. The second-order valence-corrected chi connectivity index (χ2v) is 4.59. The Labute approximate surface area is 109 Å². The van der Waals surface area contributed by atoms with Gasteiger partial charge < -0.3 is 10.6 Å². The molecule has 1 aromatic carbocycles. The highest BCUT2D eigenvalue weighted by molar-refractivity contribution is 5.75. The third-order valence-corrected chi connectivity index (χ3v) is 2.84. The van der Waals surface area contributed by atoms with Gasteiger partial charge >= 0.3 is 0 Å². The van der Waals surface area contributed by atoms with Crippen LogP contribution in [0.1, 0.15) is 12.0 Å². The van der Waals surface area contributed by atoms with Crippen LogP contribution in [0.25, 0.3) is 0 Å². The Morgan fingerprint density at radius 2 is 1.83 bits per heavy atom. The maximum atomic E-state index is 11.6. The fourth-order valence-corrected chi connectivity index (χ4v) is 1.77. The van der Waals surface area contributed by atoms with Crippen molar-refractivity contribution in [2.75, 3.05) is 33.7 Å². The molecule has 0 bridgehead atoms. The summed E-state index contributed by atoms with van der Waals surface area (Å²) in [5.74, 6) is 0.157. The molecule has 0 unspecified atom stereocenters. The number of carbonyl (C=O) groups is 1. The van der Waals surface area contributed by atoms with E-state index in [1.165, 1.54) is 5.56 Å². The van der Waals surface area contributed by atoms with Crippen molar-refractivity contribution in [1.29, 1.82) is 0 Å². The lowest BCUT2D eigenvalue weighted by molar-refractivity contribution is -0.129. The second-order valence-electron chi connectivity index (χ2n) is 4.59. The number of benzene rings is 1. The van der Waals surface area contributed by atoms with E-state index >= 15 is 0 Å². The van der Waals surface area contributed by atoms with Crippen LogP contribution in [-0.2, 0) is 11.3 Å². The van der Waals surface area contributed by atoms with E-state index in [-0.39, 0.29) is 5.91 Å². The first-order valence-corrected chi connectivity index (χ1v) is 6.30. The molecule has 0 fully saturated rings. The molecule has 18 heavy (non-hydrogen) atoms. The van der Waals surface area contributed by atoms with Crippen molar-refractivity contribution < 1.29 is 4.79 Å². The maximum Gasteiger partial charge on any atom is 0.223 e. The number of nitrogens with two attached hydrogens (primary N) is 1. The predicted octanol–water partition coefficient (Wildman–Crippen LogP) is 0.926. The molecule has 0 saturated carbocycles. The molecule has 0 aliphatic rings. The van der Waals surface area contributed by atoms with Gasteiger partial charge in [0.1, 0.15) is 0 Å². The van der Waals surface area contributed by atoms with Crippen LogP contribution in [0.15, 0.2) is 30.3 Å². The standard InChI is InChI=1S/C14H23N3O/c1-16(2)14(18)8-10-17(11-9-15)12-13-6-4-3-5-7-13/h3-7H,8-12,15H2,1-2H3. The quantitative estimate of drug-likeness (QED) is 0.782. The highest BCUT2D eigenvalue weighted by Crippen LogP contribution is 2.05. The minimum Gasteiger partial charge on any atom is -0.349 e. The third-order valence-electron chi connectivity index (χ3n) is 2.84. The Morgan fingerprint density at radius 1 is 1.17 bits per heavy atom. The summed E-state index contributed by atoms with van der Waals surface area (Å²) in [7, 11) is 3.57. The molecule has 0 aliphatic carbocycles. The van der Waals surface area contributed by atoms with Crippen molar-refractivity contribution in [2.24, 2.45) is 5.73 Å². The average Bonchev–Trinajstić information content (AvgIpc) is 2.37. The molecule has 1 rings (SSSR count). The second kappa shape index (κ2) is 7.84. The summed E-state index contributed by atoms with van der Waals surface area (Å²) in [5.41, 5.74) is 6.87. The number of nitrogens with zero attached hydrogens (tertiary/aromatic N) is 2. The molecule has 4 heteroatoms. The summed E-state index contributed by atoms with van der Waals surface area (Å²) in [5, 5.41) is 0. The third kappa shape index (κ3) is 5.29. The van der Waals surface area contributed by atoms with Crippen LogP contribution in [0.5, 0.6) is 0 Å². The van der Waals surface area contributed by atoms with Crippen molar-refractivity contribution in [2.45, 2.75) is 13.0 Å². The summed E-state index contributed by atoms with van der Waals surface area (Å²) in [4.78, 5) is 15.4. The van der Waals surface area contributed by atoms with E-state index in [1.807, 2.05) is 18.2 Å². The average molecular weight is 249 g/mol. The molecule has 4 nitrogen and oxygen atoms in total. The minimum atomic E-state index is 0.157. The van der Waals surface area contributed by atoms with Crippen LogP contribution in [0.4, 0.5) is 0 Å². The molecule has 0 atom stereocenters. The number of hydrogen-bond donors (Lipinski definition) is 1. The Morgan fingerprint density at radius 3 is 2.39 bits per heavy atom. The first-order chi connectivity index (χ1) is 8.63. The summed E-state index contributed by atoms with van der Waals surface area (Å²) in [6, 6.07) is 10.3. The van der Waals surface area contributed by atoms with Gasteiger partial charge in [-0.15, -0.1) is 0 Å². The zero-order chi connectivity index (χ0) is 13.4. The number of rotatable bonds is 7. The van der Waals surface area contributed by atoms with E-state index in [4.69, 9.17) is 5.73 Å². The molecule has 100 valence electrons. The molecule has 0 spiro atoms. The first kappa shape index (κ1) is 14.7. The first-order valence-electron chi connectivity index (χ1n) is 6.30. The van der Waals surface area contributed by atoms with Gasteiger partial charge in [0.05, 0.1) is 0 Å². The molecule has 0 radical (unpaired) electrons. The summed E-state index contributed by atoms with van der Waals surface area (Å²) in [6.07, 6.45) is 0.542.